The Hall–Kier alpha value is -4.01. The van der Waals surface area contributed by atoms with Gasteiger partial charge >= 0.3 is 0 Å². The predicted octanol–water partition coefficient (Wildman–Crippen LogP) is 6.07. The van der Waals surface area contributed by atoms with Crippen LogP contribution >= 0.6 is 11.6 Å². The van der Waals surface area contributed by atoms with E-state index in [1.54, 1.807) is 91.0 Å². The van der Waals surface area contributed by atoms with Crippen LogP contribution in [0.1, 0.15) is 11.1 Å². The molecule has 7 nitrogen and oxygen atoms in total. The molecule has 0 aliphatic heterocycles. The Morgan fingerprint density at radius 2 is 1.55 bits per heavy atom. The van der Waals surface area contributed by atoms with Gasteiger partial charge in [-0.2, -0.15) is 0 Å². The van der Waals surface area contributed by atoms with Gasteiger partial charge in [0.05, 0.1) is 29.9 Å². The summed E-state index contributed by atoms with van der Waals surface area (Å²) in [5, 5.41) is 3.32. The highest BCUT2D eigenvalue weighted by molar-refractivity contribution is 7.92. The molecular weight excluding hydrogens is 524 g/mol. The number of nitrogens with one attached hydrogen (secondary N) is 1. The van der Waals surface area contributed by atoms with Gasteiger partial charge in [0.25, 0.3) is 15.9 Å². The van der Waals surface area contributed by atoms with Crippen LogP contribution in [-0.4, -0.2) is 28.0 Å². The number of hydrogen-bond donors (Lipinski definition) is 1. The summed E-state index contributed by atoms with van der Waals surface area (Å²) in [4.78, 5) is 12.6. The molecule has 0 saturated heterocycles. The van der Waals surface area contributed by atoms with Crippen LogP contribution in [-0.2, 0) is 21.4 Å². The number of nitrogens with zero attached hydrogens (tertiary/aromatic N) is 1. The van der Waals surface area contributed by atoms with E-state index in [9.17, 15) is 13.2 Å². The topological polar surface area (TPSA) is 84.9 Å². The SMILES string of the molecule is COc1ccccc1NC(=O)COc1ccc(N(Cc2ccc(Cl)cc2)S(=O)(=O)c2ccc(C)cc2)cc1. The second kappa shape index (κ2) is 12.0. The molecule has 0 atom stereocenters. The number of carbonyl (C=O) groups excluding carboxylic acids is 1. The van der Waals surface area contributed by atoms with Crippen LogP contribution in [0.25, 0.3) is 0 Å². The van der Waals surface area contributed by atoms with Crippen molar-refractivity contribution in [1.82, 2.24) is 0 Å². The van der Waals surface area contributed by atoms with Gasteiger partial charge in [-0.25, -0.2) is 8.42 Å². The summed E-state index contributed by atoms with van der Waals surface area (Å²) in [6.07, 6.45) is 0. The van der Waals surface area contributed by atoms with Gasteiger partial charge < -0.3 is 14.8 Å². The number of carbonyl (C=O) groups is 1. The van der Waals surface area contributed by atoms with Gasteiger partial charge in [-0.1, -0.05) is 53.6 Å². The number of rotatable bonds is 10. The molecule has 0 unspecified atom stereocenters. The van der Waals surface area contributed by atoms with Crippen molar-refractivity contribution in [3.8, 4) is 11.5 Å². The van der Waals surface area contributed by atoms with E-state index in [1.165, 1.54) is 11.4 Å². The maximum Gasteiger partial charge on any atom is 0.264 e. The van der Waals surface area contributed by atoms with Crippen molar-refractivity contribution < 1.29 is 22.7 Å². The third-order valence-electron chi connectivity index (χ3n) is 5.72. The van der Waals surface area contributed by atoms with E-state index in [0.717, 1.165) is 11.1 Å². The molecule has 0 heterocycles. The predicted molar refractivity (Wildman–Crippen MR) is 150 cm³/mol. The van der Waals surface area contributed by atoms with Gasteiger partial charge in [0.15, 0.2) is 6.61 Å². The summed E-state index contributed by atoms with van der Waals surface area (Å²) in [6, 6.07) is 27.4. The van der Waals surface area contributed by atoms with E-state index in [1.807, 2.05) is 13.0 Å². The molecular formula is C29H27ClN2O5S. The van der Waals surface area contributed by atoms with E-state index in [4.69, 9.17) is 21.1 Å². The molecule has 0 bridgehead atoms. The van der Waals surface area contributed by atoms with E-state index >= 15 is 0 Å². The van der Waals surface area contributed by atoms with Crippen molar-refractivity contribution in [3.63, 3.8) is 0 Å². The first-order valence-electron chi connectivity index (χ1n) is 11.8. The molecule has 0 aliphatic rings. The Labute approximate surface area is 227 Å². The zero-order chi connectivity index (χ0) is 27.1. The molecule has 4 aromatic carbocycles. The number of aryl methyl sites for hydroxylation is 1. The van der Waals surface area contributed by atoms with E-state index in [2.05, 4.69) is 5.32 Å². The monoisotopic (exact) mass is 550 g/mol. The van der Waals surface area contributed by atoms with Crippen LogP contribution < -0.4 is 19.1 Å². The van der Waals surface area contributed by atoms with Crippen molar-refractivity contribution in [2.24, 2.45) is 0 Å². The number of anilines is 2. The number of methoxy groups -OCH3 is 1. The first kappa shape index (κ1) is 27.0. The minimum atomic E-state index is -3.88. The normalized spacial score (nSPS) is 11.0. The lowest BCUT2D eigenvalue weighted by Gasteiger charge is -2.25. The van der Waals surface area contributed by atoms with Crippen molar-refractivity contribution in [2.45, 2.75) is 18.4 Å². The quantitative estimate of drug-likeness (QED) is 0.259. The number of hydrogen-bond acceptors (Lipinski definition) is 5. The summed E-state index contributed by atoms with van der Waals surface area (Å²) in [7, 11) is -2.35. The average molecular weight is 551 g/mol. The van der Waals surface area contributed by atoms with Crippen molar-refractivity contribution in [1.29, 1.82) is 0 Å². The van der Waals surface area contributed by atoms with Crippen molar-refractivity contribution in [3.05, 3.63) is 113 Å². The summed E-state index contributed by atoms with van der Waals surface area (Å²) in [6.45, 7) is 1.78. The molecule has 196 valence electrons. The zero-order valence-corrected chi connectivity index (χ0v) is 22.5. The standard InChI is InChI=1S/C29H27ClN2O5S/c1-21-7-17-26(18-8-21)38(34,35)32(19-22-9-11-23(30)12-10-22)24-13-15-25(16-14-24)37-20-29(33)31-27-5-3-4-6-28(27)36-2/h3-18H,19-20H2,1-2H3,(H,31,33). The summed E-state index contributed by atoms with van der Waals surface area (Å²) in [5.74, 6) is 0.605. The fraction of sp³-hybridized carbons (Fsp3) is 0.138. The Balaban J connectivity index is 1.52. The van der Waals surface area contributed by atoms with Gasteiger partial charge in [0.2, 0.25) is 0 Å². The van der Waals surface area contributed by atoms with Crippen LogP contribution in [0.15, 0.2) is 102 Å². The molecule has 1 N–H and O–H groups in total. The molecule has 0 aromatic heterocycles. The molecule has 9 heteroatoms. The van der Waals surface area contributed by atoms with Gasteiger partial charge in [-0.3, -0.25) is 9.10 Å². The average Bonchev–Trinajstić information content (AvgIpc) is 2.92. The summed E-state index contributed by atoms with van der Waals surface area (Å²) in [5.41, 5.74) is 2.73. The van der Waals surface area contributed by atoms with E-state index < -0.39 is 10.0 Å². The van der Waals surface area contributed by atoms with Gasteiger partial charge in [0, 0.05) is 5.02 Å². The molecule has 4 aromatic rings. The number of para-hydroxylation sites is 2. The van der Waals surface area contributed by atoms with E-state index in [-0.39, 0.29) is 24.0 Å². The Morgan fingerprint density at radius 1 is 0.895 bits per heavy atom. The van der Waals surface area contributed by atoms with Crippen molar-refractivity contribution >= 4 is 38.9 Å². The molecule has 0 saturated carbocycles. The largest absolute Gasteiger partial charge is 0.495 e. The minimum absolute atomic E-state index is 0.106. The fourth-order valence-electron chi connectivity index (χ4n) is 3.70. The van der Waals surface area contributed by atoms with Crippen LogP contribution in [0.2, 0.25) is 5.02 Å². The molecule has 0 spiro atoms. The second-order valence-electron chi connectivity index (χ2n) is 8.48. The first-order chi connectivity index (χ1) is 18.3. The smallest absolute Gasteiger partial charge is 0.264 e. The highest BCUT2D eigenvalue weighted by Gasteiger charge is 2.25. The molecule has 1 amide bonds. The lowest BCUT2D eigenvalue weighted by atomic mass is 10.2. The molecule has 0 fully saturated rings. The van der Waals surface area contributed by atoms with Gasteiger partial charge in [-0.15, -0.1) is 0 Å². The molecule has 38 heavy (non-hydrogen) atoms. The fourth-order valence-corrected chi connectivity index (χ4v) is 5.28. The van der Waals surface area contributed by atoms with Gasteiger partial charge in [-0.05, 0) is 73.2 Å². The summed E-state index contributed by atoms with van der Waals surface area (Å²) < 4.78 is 39.5. The Morgan fingerprint density at radius 3 is 2.21 bits per heavy atom. The maximum absolute atomic E-state index is 13.6. The molecule has 4 rings (SSSR count). The second-order valence-corrected chi connectivity index (χ2v) is 10.8. The van der Waals surface area contributed by atoms with Crippen LogP contribution in [0.3, 0.4) is 0 Å². The Kier molecular flexibility index (Phi) is 8.55. The lowest BCUT2D eigenvalue weighted by molar-refractivity contribution is -0.118. The van der Waals surface area contributed by atoms with Crippen LogP contribution in [0, 0.1) is 6.92 Å². The van der Waals surface area contributed by atoms with Crippen molar-refractivity contribution in [2.75, 3.05) is 23.3 Å². The van der Waals surface area contributed by atoms with Gasteiger partial charge in [0.1, 0.15) is 11.5 Å². The third kappa shape index (κ3) is 6.65. The molecule has 0 aliphatic carbocycles. The minimum Gasteiger partial charge on any atom is -0.495 e. The third-order valence-corrected chi connectivity index (χ3v) is 7.76. The number of benzene rings is 4. The number of ether oxygens (including phenoxy) is 2. The number of halogens is 1. The first-order valence-corrected chi connectivity index (χ1v) is 13.6. The zero-order valence-electron chi connectivity index (χ0n) is 20.9. The van der Waals surface area contributed by atoms with Crippen LogP contribution in [0.5, 0.6) is 11.5 Å². The molecule has 0 radical (unpaired) electrons. The van der Waals surface area contributed by atoms with Crippen LogP contribution in [0.4, 0.5) is 11.4 Å². The number of amides is 1. The highest BCUT2D eigenvalue weighted by Crippen LogP contribution is 2.29. The van der Waals surface area contributed by atoms with E-state index in [0.29, 0.717) is 27.9 Å². The summed E-state index contributed by atoms with van der Waals surface area (Å²) >= 11 is 6.02. The Bertz CT molecular complexity index is 1490. The highest BCUT2D eigenvalue weighted by atomic mass is 35.5. The maximum atomic E-state index is 13.6. The number of sulfonamides is 1. The lowest BCUT2D eigenvalue weighted by Crippen LogP contribution is -2.30.